The van der Waals surface area contributed by atoms with E-state index in [4.69, 9.17) is 9.47 Å². The number of hydrogen-bond donors (Lipinski definition) is 2. The molecule has 2 heterocycles. The van der Waals surface area contributed by atoms with Crippen molar-refractivity contribution in [2.75, 3.05) is 19.1 Å². The van der Waals surface area contributed by atoms with Crippen LogP contribution >= 0.6 is 0 Å². The molecule has 2 aliphatic rings. The zero-order chi connectivity index (χ0) is 26.3. The van der Waals surface area contributed by atoms with Gasteiger partial charge < -0.3 is 14.6 Å². The Hall–Kier alpha value is -4.24. The first-order chi connectivity index (χ1) is 17.8. The predicted molar refractivity (Wildman–Crippen MR) is 132 cm³/mol. The van der Waals surface area contributed by atoms with Crippen LogP contribution in [0.5, 0.6) is 11.5 Å². The highest BCUT2D eigenvalue weighted by atomic mass is 19.1. The van der Waals surface area contributed by atoms with Gasteiger partial charge in [-0.3, -0.25) is 19.7 Å². The number of rotatable bonds is 7. The minimum absolute atomic E-state index is 0.0322. The lowest BCUT2D eigenvalue weighted by Crippen LogP contribution is -2.57. The number of ether oxygens (including phenoxy) is 2. The molecule has 2 aliphatic heterocycles. The van der Waals surface area contributed by atoms with Crippen molar-refractivity contribution in [2.24, 2.45) is 11.8 Å². The summed E-state index contributed by atoms with van der Waals surface area (Å²) in [4.78, 5) is 41.7. The van der Waals surface area contributed by atoms with Crippen LogP contribution in [0, 0.1) is 17.7 Å². The Labute approximate surface area is 212 Å². The van der Waals surface area contributed by atoms with E-state index in [-0.39, 0.29) is 12.1 Å². The molecular weight excluding hydrogens is 479 g/mol. The Balaban J connectivity index is 1.68. The molecule has 3 aromatic rings. The molecule has 0 aliphatic carbocycles. The number of fused-ring (bicyclic) bond motifs is 1. The SMILES string of the molecule is COc1ccc([C@@H]2N[C@](Cc3ccccc3)(C(=O)O)[C@@H]3C(=O)N(c4ccc(F)cc4)C(=O)[C@@H]32)c(OC)c1. The Morgan fingerprint density at radius 2 is 1.70 bits per heavy atom. The Kier molecular flexibility index (Phi) is 6.16. The fraction of sp³-hybridized carbons (Fsp3) is 0.250. The average Bonchev–Trinajstić information content (AvgIpc) is 3.38. The van der Waals surface area contributed by atoms with Gasteiger partial charge in [-0.05, 0) is 35.9 Å². The van der Waals surface area contributed by atoms with Gasteiger partial charge in [0, 0.05) is 24.1 Å². The largest absolute Gasteiger partial charge is 0.497 e. The number of carbonyl (C=O) groups is 3. The van der Waals surface area contributed by atoms with Crippen LogP contribution in [0.4, 0.5) is 10.1 Å². The number of halogens is 1. The van der Waals surface area contributed by atoms with E-state index in [0.29, 0.717) is 22.6 Å². The zero-order valence-corrected chi connectivity index (χ0v) is 20.2. The van der Waals surface area contributed by atoms with E-state index in [0.717, 1.165) is 17.0 Å². The van der Waals surface area contributed by atoms with Gasteiger partial charge in [-0.25, -0.2) is 9.29 Å². The summed E-state index contributed by atoms with van der Waals surface area (Å²) in [6.45, 7) is 0. The van der Waals surface area contributed by atoms with E-state index < -0.39 is 47.0 Å². The van der Waals surface area contributed by atoms with Crippen molar-refractivity contribution in [3.8, 4) is 11.5 Å². The molecule has 0 bridgehead atoms. The van der Waals surface area contributed by atoms with Gasteiger partial charge in [0.1, 0.15) is 22.9 Å². The second kappa shape index (κ2) is 9.33. The normalized spacial score (nSPS) is 24.7. The van der Waals surface area contributed by atoms with E-state index >= 15 is 0 Å². The van der Waals surface area contributed by atoms with Gasteiger partial charge in [-0.2, -0.15) is 0 Å². The standard InChI is InChI=1S/C28H25FN2O6/c1-36-19-12-13-20(21(14-19)37-2)24-22-23(26(33)31(25(22)32)18-10-8-17(29)9-11-18)28(30-24,27(34)35)15-16-6-4-3-5-7-16/h3-14,22-24,30H,15H2,1-2H3,(H,34,35)/t22-,23-,24-,28-/m0/s1. The first-order valence-corrected chi connectivity index (χ1v) is 11.7. The lowest BCUT2D eigenvalue weighted by atomic mass is 9.76. The summed E-state index contributed by atoms with van der Waals surface area (Å²) in [6, 6.07) is 18.1. The van der Waals surface area contributed by atoms with Gasteiger partial charge >= 0.3 is 5.97 Å². The van der Waals surface area contributed by atoms with Crippen molar-refractivity contribution in [3.05, 3.63) is 89.7 Å². The molecule has 0 aromatic heterocycles. The summed E-state index contributed by atoms with van der Waals surface area (Å²) < 4.78 is 24.4. The highest BCUT2D eigenvalue weighted by molar-refractivity contribution is 6.24. The topological polar surface area (TPSA) is 105 Å². The number of nitrogens with zero attached hydrogens (tertiary/aromatic N) is 1. The molecule has 190 valence electrons. The van der Waals surface area contributed by atoms with Crippen LogP contribution in [-0.2, 0) is 20.8 Å². The first kappa shape index (κ1) is 24.5. The predicted octanol–water partition coefficient (Wildman–Crippen LogP) is 3.36. The number of hydrogen-bond acceptors (Lipinski definition) is 6. The minimum atomic E-state index is -1.79. The molecule has 5 rings (SSSR count). The van der Waals surface area contributed by atoms with E-state index in [1.807, 2.05) is 6.07 Å². The third-order valence-corrected chi connectivity index (χ3v) is 7.22. The lowest BCUT2D eigenvalue weighted by molar-refractivity contribution is -0.148. The fourth-order valence-corrected chi connectivity index (χ4v) is 5.54. The van der Waals surface area contributed by atoms with Crippen molar-refractivity contribution in [2.45, 2.75) is 18.0 Å². The number of carbonyl (C=O) groups excluding carboxylic acids is 2. The van der Waals surface area contributed by atoms with E-state index in [1.54, 1.807) is 42.5 Å². The van der Waals surface area contributed by atoms with Gasteiger partial charge in [-0.1, -0.05) is 36.4 Å². The van der Waals surface area contributed by atoms with Crippen molar-refractivity contribution >= 4 is 23.5 Å². The molecule has 2 N–H and O–H groups in total. The number of carboxylic acids is 1. The van der Waals surface area contributed by atoms with Gasteiger partial charge in [0.25, 0.3) is 0 Å². The third kappa shape index (κ3) is 3.92. The van der Waals surface area contributed by atoms with Crippen LogP contribution in [0.25, 0.3) is 0 Å². The summed E-state index contributed by atoms with van der Waals surface area (Å²) in [5.41, 5.74) is -0.385. The molecule has 0 saturated carbocycles. The number of imide groups is 1. The lowest BCUT2D eigenvalue weighted by Gasteiger charge is -2.31. The number of aliphatic carboxylic acids is 1. The molecule has 2 saturated heterocycles. The molecular formula is C28H25FN2O6. The molecule has 4 atom stereocenters. The summed E-state index contributed by atoms with van der Waals surface area (Å²) in [5, 5.41) is 13.8. The second-order valence-corrected chi connectivity index (χ2v) is 9.16. The minimum Gasteiger partial charge on any atom is -0.497 e. The maximum atomic E-state index is 13.9. The van der Waals surface area contributed by atoms with E-state index in [9.17, 15) is 23.9 Å². The van der Waals surface area contributed by atoms with Crippen molar-refractivity contribution in [1.82, 2.24) is 5.32 Å². The van der Waals surface area contributed by atoms with Gasteiger partial charge in [0.15, 0.2) is 0 Å². The maximum absolute atomic E-state index is 13.9. The monoisotopic (exact) mass is 504 g/mol. The summed E-state index contributed by atoms with van der Waals surface area (Å²) in [5.74, 6) is -4.34. The highest BCUT2D eigenvalue weighted by Crippen LogP contribution is 2.52. The quantitative estimate of drug-likeness (QED) is 0.476. The average molecular weight is 505 g/mol. The van der Waals surface area contributed by atoms with E-state index in [1.165, 1.54) is 26.4 Å². The second-order valence-electron chi connectivity index (χ2n) is 9.16. The highest BCUT2D eigenvalue weighted by Gasteiger charge is 2.68. The Morgan fingerprint density at radius 1 is 1.00 bits per heavy atom. The molecule has 2 fully saturated rings. The van der Waals surface area contributed by atoms with Crippen molar-refractivity contribution in [3.63, 3.8) is 0 Å². The Morgan fingerprint density at radius 3 is 2.32 bits per heavy atom. The van der Waals surface area contributed by atoms with Crippen LogP contribution in [0.1, 0.15) is 17.2 Å². The van der Waals surface area contributed by atoms with E-state index in [2.05, 4.69) is 5.32 Å². The van der Waals surface area contributed by atoms with Gasteiger partial charge in [0.2, 0.25) is 11.8 Å². The fourth-order valence-electron chi connectivity index (χ4n) is 5.54. The first-order valence-electron chi connectivity index (χ1n) is 11.7. The van der Waals surface area contributed by atoms with Crippen molar-refractivity contribution < 1.29 is 33.4 Å². The molecule has 3 aromatic carbocycles. The number of nitrogens with one attached hydrogen (secondary N) is 1. The molecule has 9 heteroatoms. The number of amides is 2. The molecule has 0 radical (unpaired) electrons. The zero-order valence-electron chi connectivity index (χ0n) is 20.2. The Bertz CT molecular complexity index is 1360. The molecule has 8 nitrogen and oxygen atoms in total. The van der Waals surface area contributed by atoms with Gasteiger partial charge in [0.05, 0.1) is 31.7 Å². The molecule has 2 amide bonds. The maximum Gasteiger partial charge on any atom is 0.325 e. The number of methoxy groups -OCH3 is 2. The van der Waals surface area contributed by atoms with Crippen LogP contribution in [0.15, 0.2) is 72.8 Å². The molecule has 0 spiro atoms. The summed E-state index contributed by atoms with van der Waals surface area (Å²) in [6.07, 6.45) is -0.0322. The van der Waals surface area contributed by atoms with Crippen molar-refractivity contribution in [1.29, 1.82) is 0 Å². The molecule has 37 heavy (non-hydrogen) atoms. The molecule has 0 unspecified atom stereocenters. The van der Waals surface area contributed by atoms with Crippen LogP contribution < -0.4 is 19.7 Å². The van der Waals surface area contributed by atoms with Crippen LogP contribution in [0.2, 0.25) is 0 Å². The smallest absolute Gasteiger partial charge is 0.325 e. The number of benzene rings is 3. The number of anilines is 1. The summed E-state index contributed by atoms with van der Waals surface area (Å²) >= 11 is 0. The van der Waals surface area contributed by atoms with Crippen LogP contribution in [0.3, 0.4) is 0 Å². The van der Waals surface area contributed by atoms with Gasteiger partial charge in [-0.15, -0.1) is 0 Å². The summed E-state index contributed by atoms with van der Waals surface area (Å²) in [7, 11) is 2.97. The van der Waals surface area contributed by atoms with Crippen LogP contribution in [-0.4, -0.2) is 42.6 Å². The third-order valence-electron chi connectivity index (χ3n) is 7.22. The number of carboxylic acid groups (broad SMARTS) is 1.